The molecule has 1 saturated heterocycles. The average Bonchev–Trinajstić information content (AvgIpc) is 2.85. The average molecular weight is 431 g/mol. The quantitative estimate of drug-likeness (QED) is 0.599. The number of carbonyl (C=O) groups excluding carboxylic acids is 1. The fraction of sp³-hybridized carbons (Fsp3) is 0.231. The number of aliphatic carboxylic acids is 1. The van der Waals surface area contributed by atoms with E-state index in [1.165, 1.54) is 5.01 Å². The highest BCUT2D eigenvalue weighted by Crippen LogP contribution is 2.40. The van der Waals surface area contributed by atoms with Crippen LogP contribution in [0.1, 0.15) is 35.4 Å². The molecule has 6 nitrogen and oxygen atoms in total. The third-order valence-electron chi connectivity index (χ3n) is 5.85. The van der Waals surface area contributed by atoms with Crippen LogP contribution >= 0.6 is 0 Å². The lowest BCUT2D eigenvalue weighted by Gasteiger charge is -2.45. The summed E-state index contributed by atoms with van der Waals surface area (Å²) < 4.78 is 5.46. The van der Waals surface area contributed by atoms with Crippen molar-refractivity contribution in [3.63, 3.8) is 0 Å². The number of benzene rings is 3. The zero-order chi connectivity index (χ0) is 22.4. The van der Waals surface area contributed by atoms with Crippen LogP contribution in [0.2, 0.25) is 0 Å². The molecule has 1 aliphatic rings. The van der Waals surface area contributed by atoms with E-state index >= 15 is 0 Å². The Kier molecular flexibility index (Phi) is 6.52. The van der Waals surface area contributed by atoms with Gasteiger partial charge >= 0.3 is 12.1 Å². The van der Waals surface area contributed by atoms with E-state index in [9.17, 15) is 14.7 Å². The van der Waals surface area contributed by atoms with Crippen molar-refractivity contribution < 1.29 is 19.4 Å². The second kappa shape index (κ2) is 9.66. The molecule has 1 atom stereocenters. The number of carboxylic acids is 1. The first kappa shape index (κ1) is 21.6. The van der Waals surface area contributed by atoms with Gasteiger partial charge < -0.3 is 9.84 Å². The van der Waals surface area contributed by atoms with Crippen molar-refractivity contribution in [3.8, 4) is 0 Å². The van der Waals surface area contributed by atoms with Gasteiger partial charge in [0.2, 0.25) is 0 Å². The first-order valence-corrected chi connectivity index (χ1v) is 10.7. The van der Waals surface area contributed by atoms with E-state index in [0.29, 0.717) is 19.4 Å². The summed E-state index contributed by atoms with van der Waals surface area (Å²) in [6.07, 6.45) is 0.328. The lowest BCUT2D eigenvalue weighted by Crippen LogP contribution is -2.66. The number of nitrogens with one attached hydrogen (secondary N) is 1. The maximum atomic E-state index is 12.8. The molecule has 1 aliphatic heterocycles. The summed E-state index contributed by atoms with van der Waals surface area (Å²) >= 11 is 0. The van der Waals surface area contributed by atoms with Crippen molar-refractivity contribution >= 4 is 12.1 Å². The van der Waals surface area contributed by atoms with Crippen LogP contribution in [-0.4, -0.2) is 34.3 Å². The van der Waals surface area contributed by atoms with Gasteiger partial charge in [-0.15, -0.1) is 0 Å². The number of nitrogens with zero attached hydrogens (tertiary/aromatic N) is 1. The molecule has 1 amide bonds. The second-order valence-corrected chi connectivity index (χ2v) is 7.94. The molecular formula is C26H26N2O4. The van der Waals surface area contributed by atoms with Crippen LogP contribution in [0, 0.1) is 0 Å². The monoisotopic (exact) mass is 430 g/mol. The van der Waals surface area contributed by atoms with Crippen molar-refractivity contribution in [1.82, 2.24) is 10.4 Å². The second-order valence-electron chi connectivity index (χ2n) is 7.94. The van der Waals surface area contributed by atoms with Gasteiger partial charge in [0.15, 0.2) is 0 Å². The Morgan fingerprint density at radius 2 is 1.44 bits per heavy atom. The molecule has 0 saturated carbocycles. The molecule has 6 heteroatoms. The van der Waals surface area contributed by atoms with Crippen LogP contribution in [0.5, 0.6) is 0 Å². The summed E-state index contributed by atoms with van der Waals surface area (Å²) in [5.41, 5.74) is 4.27. The zero-order valence-corrected chi connectivity index (χ0v) is 17.7. The molecule has 1 fully saturated rings. The Labute approximate surface area is 187 Å². The number of amides is 1. The van der Waals surface area contributed by atoms with E-state index in [4.69, 9.17) is 4.74 Å². The molecule has 164 valence electrons. The van der Waals surface area contributed by atoms with Gasteiger partial charge in [-0.1, -0.05) is 91.0 Å². The highest BCUT2D eigenvalue weighted by atomic mass is 16.6. The minimum atomic E-state index is -1.40. The SMILES string of the molecule is O=C(OCc1ccccc1)N1CCC[C@@](C(=O)O)(C(c2ccccc2)c2ccccc2)N1. The number of hydrogen-bond acceptors (Lipinski definition) is 4. The number of carboxylic acid groups (broad SMARTS) is 1. The van der Waals surface area contributed by atoms with Crippen LogP contribution in [0.25, 0.3) is 0 Å². The number of ether oxygens (including phenoxy) is 1. The Hall–Kier alpha value is -3.64. The Bertz CT molecular complexity index is 1000. The Balaban J connectivity index is 1.63. The minimum absolute atomic E-state index is 0.124. The van der Waals surface area contributed by atoms with Gasteiger partial charge in [0, 0.05) is 12.5 Å². The van der Waals surface area contributed by atoms with Crippen LogP contribution in [-0.2, 0) is 16.1 Å². The van der Waals surface area contributed by atoms with Gasteiger partial charge in [-0.25, -0.2) is 15.2 Å². The maximum absolute atomic E-state index is 12.8. The number of carbonyl (C=O) groups is 2. The van der Waals surface area contributed by atoms with E-state index < -0.39 is 23.5 Å². The lowest BCUT2D eigenvalue weighted by molar-refractivity contribution is -0.150. The molecule has 3 aromatic carbocycles. The number of hydrogen-bond donors (Lipinski definition) is 2. The first-order chi connectivity index (χ1) is 15.6. The lowest BCUT2D eigenvalue weighted by atomic mass is 9.72. The zero-order valence-electron chi connectivity index (χ0n) is 17.7. The van der Waals surface area contributed by atoms with Crippen LogP contribution in [0.15, 0.2) is 91.0 Å². The molecule has 1 heterocycles. The van der Waals surface area contributed by atoms with Crippen molar-refractivity contribution in [2.75, 3.05) is 6.54 Å². The molecule has 3 aromatic rings. The molecule has 4 rings (SSSR count). The van der Waals surface area contributed by atoms with Gasteiger partial charge in [-0.05, 0) is 29.5 Å². The third kappa shape index (κ3) is 4.50. The Morgan fingerprint density at radius 3 is 1.97 bits per heavy atom. The summed E-state index contributed by atoms with van der Waals surface area (Å²) in [5, 5.41) is 11.8. The highest BCUT2D eigenvalue weighted by molar-refractivity contribution is 5.82. The van der Waals surface area contributed by atoms with Gasteiger partial charge in [-0.2, -0.15) is 0 Å². The molecule has 32 heavy (non-hydrogen) atoms. The summed E-state index contributed by atoms with van der Waals surface area (Å²) in [4.78, 5) is 25.6. The van der Waals surface area contributed by atoms with Crippen molar-refractivity contribution in [3.05, 3.63) is 108 Å². The maximum Gasteiger partial charge on any atom is 0.424 e. The molecule has 2 N–H and O–H groups in total. The highest BCUT2D eigenvalue weighted by Gasteiger charge is 2.51. The van der Waals surface area contributed by atoms with E-state index in [1.807, 2.05) is 91.0 Å². The molecule has 0 unspecified atom stereocenters. The van der Waals surface area contributed by atoms with Crippen molar-refractivity contribution in [2.45, 2.75) is 30.9 Å². The predicted molar refractivity (Wildman–Crippen MR) is 121 cm³/mol. The van der Waals surface area contributed by atoms with Gasteiger partial charge in [0.05, 0.1) is 0 Å². The van der Waals surface area contributed by atoms with E-state index in [0.717, 1.165) is 16.7 Å². The molecule has 0 aromatic heterocycles. The van der Waals surface area contributed by atoms with E-state index in [2.05, 4.69) is 5.43 Å². The minimum Gasteiger partial charge on any atom is -0.480 e. The molecule has 0 spiro atoms. The predicted octanol–water partition coefficient (Wildman–Crippen LogP) is 4.58. The summed E-state index contributed by atoms with van der Waals surface area (Å²) in [5.74, 6) is -1.50. The first-order valence-electron chi connectivity index (χ1n) is 10.7. The van der Waals surface area contributed by atoms with Crippen LogP contribution < -0.4 is 5.43 Å². The summed E-state index contributed by atoms with van der Waals surface area (Å²) in [6.45, 7) is 0.498. The molecule has 0 bridgehead atoms. The van der Waals surface area contributed by atoms with E-state index in [-0.39, 0.29) is 6.61 Å². The fourth-order valence-corrected chi connectivity index (χ4v) is 4.34. The van der Waals surface area contributed by atoms with Crippen LogP contribution in [0.4, 0.5) is 4.79 Å². The molecule has 0 aliphatic carbocycles. The van der Waals surface area contributed by atoms with Crippen molar-refractivity contribution in [1.29, 1.82) is 0 Å². The number of rotatable bonds is 6. The standard InChI is InChI=1S/C26H26N2O4/c29-24(30)26(23(21-13-6-2-7-14-21)22-15-8-3-9-16-22)17-10-18-28(27-26)25(31)32-19-20-11-4-1-5-12-20/h1-9,11-16,23,27H,10,17-19H2,(H,29,30)/t26-/m0/s1. The van der Waals surface area contributed by atoms with Crippen LogP contribution in [0.3, 0.4) is 0 Å². The Morgan fingerprint density at radius 1 is 0.906 bits per heavy atom. The summed E-state index contributed by atoms with van der Waals surface area (Å²) in [7, 11) is 0. The molecule has 0 radical (unpaired) electrons. The largest absolute Gasteiger partial charge is 0.480 e. The van der Waals surface area contributed by atoms with Gasteiger partial charge in [0.1, 0.15) is 12.1 Å². The third-order valence-corrected chi connectivity index (χ3v) is 5.85. The smallest absolute Gasteiger partial charge is 0.424 e. The van der Waals surface area contributed by atoms with Crippen molar-refractivity contribution in [2.24, 2.45) is 0 Å². The number of hydrazine groups is 1. The normalized spacial score (nSPS) is 18.3. The topological polar surface area (TPSA) is 78.9 Å². The fourth-order valence-electron chi connectivity index (χ4n) is 4.34. The van der Waals surface area contributed by atoms with E-state index in [1.54, 1.807) is 0 Å². The summed E-state index contributed by atoms with van der Waals surface area (Å²) in [6, 6.07) is 28.5. The van der Waals surface area contributed by atoms with Gasteiger partial charge in [0.25, 0.3) is 0 Å². The molecular weight excluding hydrogens is 404 g/mol. The van der Waals surface area contributed by atoms with Gasteiger partial charge in [-0.3, -0.25) is 4.79 Å².